The third-order valence-corrected chi connectivity index (χ3v) is 2.73. The van der Waals surface area contributed by atoms with Crippen LogP contribution in [0, 0.1) is 13.8 Å². The van der Waals surface area contributed by atoms with E-state index in [1.807, 2.05) is 24.1 Å². The van der Waals surface area contributed by atoms with Gasteiger partial charge in [-0.2, -0.15) is 0 Å². The summed E-state index contributed by atoms with van der Waals surface area (Å²) in [6, 6.07) is 10.1. The Morgan fingerprint density at radius 1 is 1.12 bits per heavy atom. The van der Waals surface area contributed by atoms with Crippen molar-refractivity contribution in [3.05, 3.63) is 47.7 Å². The molecule has 1 heterocycles. The summed E-state index contributed by atoms with van der Waals surface area (Å²) in [5.74, 6) is 0.789. The van der Waals surface area contributed by atoms with E-state index < -0.39 is 0 Å². The van der Waals surface area contributed by atoms with Gasteiger partial charge in [-0.25, -0.2) is 4.98 Å². The van der Waals surface area contributed by atoms with Crippen molar-refractivity contribution >= 4 is 17.2 Å². The summed E-state index contributed by atoms with van der Waals surface area (Å²) in [6.45, 7) is 4.18. The first-order valence-electron chi connectivity index (χ1n) is 5.60. The van der Waals surface area contributed by atoms with Crippen LogP contribution in [0.3, 0.4) is 0 Å². The van der Waals surface area contributed by atoms with E-state index in [0.29, 0.717) is 5.69 Å². The smallest absolute Gasteiger partial charge is 0.155 e. The normalized spacial score (nSPS) is 10.3. The van der Waals surface area contributed by atoms with E-state index in [0.717, 1.165) is 11.5 Å². The second-order valence-electron chi connectivity index (χ2n) is 4.32. The Balaban J connectivity index is 2.43. The summed E-state index contributed by atoms with van der Waals surface area (Å²) in [7, 11) is 1.98. The summed E-state index contributed by atoms with van der Waals surface area (Å²) in [6.07, 6.45) is 1.75. The van der Waals surface area contributed by atoms with Crippen molar-refractivity contribution in [3.63, 3.8) is 0 Å². The quantitative estimate of drug-likeness (QED) is 0.857. The second-order valence-corrected chi connectivity index (χ2v) is 4.32. The van der Waals surface area contributed by atoms with Gasteiger partial charge in [-0.3, -0.25) is 0 Å². The Bertz CT molecular complexity index is 514. The molecule has 88 valence electrons. The van der Waals surface area contributed by atoms with Gasteiger partial charge in [-0.15, -0.1) is 0 Å². The van der Waals surface area contributed by atoms with Gasteiger partial charge in [0.25, 0.3) is 0 Å². The molecule has 3 heteroatoms. The number of nitrogens with two attached hydrogens (primary N) is 1. The van der Waals surface area contributed by atoms with Crippen molar-refractivity contribution in [2.45, 2.75) is 13.8 Å². The Hall–Kier alpha value is -2.03. The maximum Gasteiger partial charge on any atom is 0.155 e. The predicted octanol–water partition coefficient (Wildman–Crippen LogP) is 3.05. The summed E-state index contributed by atoms with van der Waals surface area (Å²) < 4.78 is 0. The lowest BCUT2D eigenvalue weighted by molar-refractivity contribution is 1.12. The number of nitrogen functional groups attached to an aromatic ring is 1. The van der Waals surface area contributed by atoms with Gasteiger partial charge in [0.2, 0.25) is 0 Å². The fourth-order valence-corrected chi connectivity index (χ4v) is 1.96. The van der Waals surface area contributed by atoms with Crippen LogP contribution >= 0.6 is 0 Å². The fourth-order valence-electron chi connectivity index (χ4n) is 1.96. The van der Waals surface area contributed by atoms with E-state index in [2.05, 4.69) is 37.0 Å². The van der Waals surface area contributed by atoms with Gasteiger partial charge in [0, 0.05) is 18.9 Å². The number of rotatable bonds is 2. The maximum absolute atomic E-state index is 5.93. The van der Waals surface area contributed by atoms with Crippen LogP contribution in [-0.2, 0) is 0 Å². The van der Waals surface area contributed by atoms with Crippen molar-refractivity contribution in [1.82, 2.24) is 4.98 Å². The molecule has 1 aromatic heterocycles. The number of nitrogens with zero attached hydrogens (tertiary/aromatic N) is 2. The third kappa shape index (κ3) is 2.38. The number of aryl methyl sites for hydroxylation is 2. The minimum atomic E-state index is 0.689. The van der Waals surface area contributed by atoms with E-state index in [9.17, 15) is 0 Å². The van der Waals surface area contributed by atoms with Crippen molar-refractivity contribution in [3.8, 4) is 0 Å². The summed E-state index contributed by atoms with van der Waals surface area (Å²) in [4.78, 5) is 6.32. The van der Waals surface area contributed by atoms with Crippen LogP contribution < -0.4 is 10.6 Å². The van der Waals surface area contributed by atoms with Gasteiger partial charge < -0.3 is 10.6 Å². The Kier molecular flexibility index (Phi) is 3.00. The highest BCUT2D eigenvalue weighted by atomic mass is 15.2. The third-order valence-electron chi connectivity index (χ3n) is 2.73. The highest BCUT2D eigenvalue weighted by Crippen LogP contribution is 2.27. The largest absolute Gasteiger partial charge is 0.396 e. The molecule has 0 spiro atoms. The molecule has 0 saturated heterocycles. The number of hydrogen-bond acceptors (Lipinski definition) is 3. The lowest BCUT2D eigenvalue weighted by Crippen LogP contribution is -2.13. The van der Waals surface area contributed by atoms with Gasteiger partial charge in [0.15, 0.2) is 5.82 Å². The summed E-state index contributed by atoms with van der Waals surface area (Å²) in [5.41, 5.74) is 10.2. The lowest BCUT2D eigenvalue weighted by atomic mass is 10.1. The molecule has 0 unspecified atom stereocenters. The number of anilines is 3. The summed E-state index contributed by atoms with van der Waals surface area (Å²) >= 11 is 0. The lowest BCUT2D eigenvalue weighted by Gasteiger charge is -2.20. The molecule has 0 atom stereocenters. The Morgan fingerprint density at radius 2 is 1.76 bits per heavy atom. The van der Waals surface area contributed by atoms with E-state index in [1.54, 1.807) is 6.20 Å². The molecule has 2 rings (SSSR count). The van der Waals surface area contributed by atoms with Crippen molar-refractivity contribution in [2.75, 3.05) is 17.7 Å². The van der Waals surface area contributed by atoms with Crippen LogP contribution in [0.5, 0.6) is 0 Å². The zero-order valence-electron chi connectivity index (χ0n) is 10.4. The van der Waals surface area contributed by atoms with Crippen LogP contribution in [0.4, 0.5) is 17.2 Å². The van der Waals surface area contributed by atoms with Gasteiger partial charge in [-0.1, -0.05) is 6.07 Å². The SMILES string of the molecule is Cc1cc(C)cc(N(C)c2ncccc2N)c1. The minimum absolute atomic E-state index is 0.689. The topological polar surface area (TPSA) is 42.2 Å². The molecular formula is C14H17N3. The standard InChI is InChI=1S/C14H17N3/c1-10-7-11(2)9-12(8-10)17(3)14-13(15)5-4-6-16-14/h4-9H,15H2,1-3H3. The van der Waals surface area contributed by atoms with Crippen molar-refractivity contribution in [1.29, 1.82) is 0 Å². The number of hydrogen-bond donors (Lipinski definition) is 1. The zero-order chi connectivity index (χ0) is 12.4. The number of benzene rings is 1. The molecule has 3 nitrogen and oxygen atoms in total. The van der Waals surface area contributed by atoms with Gasteiger partial charge in [0.05, 0.1) is 5.69 Å². The number of pyridine rings is 1. The van der Waals surface area contributed by atoms with E-state index in [-0.39, 0.29) is 0 Å². The molecular weight excluding hydrogens is 210 g/mol. The van der Waals surface area contributed by atoms with Crippen LogP contribution in [0.15, 0.2) is 36.5 Å². The van der Waals surface area contributed by atoms with Crippen LogP contribution in [0.25, 0.3) is 0 Å². The van der Waals surface area contributed by atoms with E-state index in [1.165, 1.54) is 11.1 Å². The molecule has 17 heavy (non-hydrogen) atoms. The first kappa shape index (κ1) is 11.5. The molecule has 0 saturated carbocycles. The Labute approximate surface area is 102 Å². The molecule has 0 amide bonds. The van der Waals surface area contributed by atoms with Crippen molar-refractivity contribution < 1.29 is 0 Å². The summed E-state index contributed by atoms with van der Waals surface area (Å²) in [5, 5.41) is 0. The molecule has 2 aromatic rings. The first-order chi connectivity index (χ1) is 8.08. The molecule has 0 aliphatic carbocycles. The Morgan fingerprint density at radius 3 is 2.35 bits per heavy atom. The van der Waals surface area contributed by atoms with E-state index in [4.69, 9.17) is 5.73 Å². The van der Waals surface area contributed by atoms with Gasteiger partial charge in [-0.05, 0) is 49.2 Å². The molecule has 0 bridgehead atoms. The fraction of sp³-hybridized carbons (Fsp3) is 0.214. The molecule has 0 aliphatic heterocycles. The predicted molar refractivity (Wildman–Crippen MR) is 72.6 cm³/mol. The molecule has 1 aromatic carbocycles. The van der Waals surface area contributed by atoms with Gasteiger partial charge in [0.1, 0.15) is 0 Å². The first-order valence-corrected chi connectivity index (χ1v) is 5.60. The second kappa shape index (κ2) is 4.45. The average molecular weight is 227 g/mol. The maximum atomic E-state index is 5.93. The van der Waals surface area contributed by atoms with Gasteiger partial charge >= 0.3 is 0 Å². The molecule has 0 fully saturated rings. The molecule has 0 radical (unpaired) electrons. The monoisotopic (exact) mass is 227 g/mol. The molecule has 0 aliphatic rings. The highest BCUT2D eigenvalue weighted by Gasteiger charge is 2.08. The number of aromatic nitrogens is 1. The highest BCUT2D eigenvalue weighted by molar-refractivity contribution is 5.70. The minimum Gasteiger partial charge on any atom is -0.396 e. The van der Waals surface area contributed by atoms with Crippen LogP contribution in [0.1, 0.15) is 11.1 Å². The van der Waals surface area contributed by atoms with Crippen LogP contribution in [0.2, 0.25) is 0 Å². The van der Waals surface area contributed by atoms with Crippen molar-refractivity contribution in [2.24, 2.45) is 0 Å². The zero-order valence-corrected chi connectivity index (χ0v) is 10.4. The average Bonchev–Trinajstić information content (AvgIpc) is 2.27. The molecule has 2 N–H and O–H groups in total. The van der Waals surface area contributed by atoms with E-state index >= 15 is 0 Å². The van der Waals surface area contributed by atoms with Crippen LogP contribution in [-0.4, -0.2) is 12.0 Å².